The van der Waals surface area contributed by atoms with Gasteiger partial charge in [0.15, 0.2) is 18.1 Å². The first-order chi connectivity index (χ1) is 15.5. The van der Waals surface area contributed by atoms with Gasteiger partial charge in [-0.05, 0) is 49.1 Å². The fraction of sp³-hybridized carbons (Fsp3) is 0.458. The van der Waals surface area contributed by atoms with Crippen LogP contribution < -0.4 is 14.8 Å². The third kappa shape index (κ3) is 4.80. The van der Waals surface area contributed by atoms with Crippen molar-refractivity contribution in [3.63, 3.8) is 0 Å². The molecule has 0 saturated heterocycles. The van der Waals surface area contributed by atoms with Gasteiger partial charge in [0.25, 0.3) is 0 Å². The highest BCUT2D eigenvalue weighted by Crippen LogP contribution is 2.45. The van der Waals surface area contributed by atoms with E-state index in [0.29, 0.717) is 55.4 Å². The van der Waals surface area contributed by atoms with Crippen molar-refractivity contribution in [1.82, 2.24) is 5.32 Å². The van der Waals surface area contributed by atoms with E-state index in [1.165, 1.54) is 18.3 Å². The highest BCUT2D eigenvalue weighted by molar-refractivity contribution is 7.14. The Hall–Kier alpha value is -2.87. The number of hydrogen-bond donors (Lipinski definition) is 1. The molecule has 2 aromatic rings. The van der Waals surface area contributed by atoms with Crippen LogP contribution >= 0.6 is 11.3 Å². The fourth-order valence-corrected chi connectivity index (χ4v) is 5.23. The number of carbonyl (C=O) groups is 3. The molecule has 0 atom stereocenters. The number of carbonyl (C=O) groups excluding carboxylic acids is 3. The fourth-order valence-electron chi connectivity index (χ4n) is 4.29. The molecule has 1 aliphatic carbocycles. The van der Waals surface area contributed by atoms with E-state index < -0.39 is 5.41 Å². The van der Waals surface area contributed by atoms with Crippen molar-refractivity contribution in [2.24, 2.45) is 0 Å². The Kier molecular flexibility index (Phi) is 6.79. The van der Waals surface area contributed by atoms with Crippen LogP contribution in [0.5, 0.6) is 11.5 Å². The van der Waals surface area contributed by atoms with Crippen molar-refractivity contribution >= 4 is 29.0 Å². The van der Waals surface area contributed by atoms with Gasteiger partial charge in [-0.25, -0.2) is 0 Å². The zero-order valence-corrected chi connectivity index (χ0v) is 18.9. The molecule has 1 aromatic heterocycles. The smallest absolute Gasteiger partial charge is 0.317 e. The van der Waals surface area contributed by atoms with Gasteiger partial charge in [0.1, 0.15) is 13.2 Å². The molecule has 1 aromatic carbocycles. The molecule has 1 aliphatic heterocycles. The molecule has 1 fully saturated rings. The van der Waals surface area contributed by atoms with Crippen LogP contribution in [0.1, 0.15) is 52.7 Å². The predicted molar refractivity (Wildman–Crippen MR) is 120 cm³/mol. The number of rotatable bonds is 8. The van der Waals surface area contributed by atoms with Crippen LogP contribution in [-0.2, 0) is 26.2 Å². The predicted octanol–water partition coefficient (Wildman–Crippen LogP) is 3.44. The molecular weight excluding hydrogens is 430 g/mol. The molecule has 1 saturated carbocycles. The van der Waals surface area contributed by atoms with E-state index in [2.05, 4.69) is 5.32 Å². The van der Waals surface area contributed by atoms with Gasteiger partial charge in [0.05, 0.1) is 10.3 Å². The third-order valence-corrected chi connectivity index (χ3v) is 7.14. The summed E-state index contributed by atoms with van der Waals surface area (Å²) in [5.41, 5.74) is 0.0998. The average molecular weight is 458 g/mol. The van der Waals surface area contributed by atoms with Gasteiger partial charge in [-0.15, -0.1) is 11.3 Å². The van der Waals surface area contributed by atoms with Crippen molar-refractivity contribution in [2.75, 3.05) is 26.4 Å². The monoisotopic (exact) mass is 457 g/mol. The lowest BCUT2D eigenvalue weighted by Crippen LogP contribution is -2.36. The van der Waals surface area contributed by atoms with Gasteiger partial charge < -0.3 is 19.5 Å². The molecule has 0 radical (unpaired) electrons. The molecular formula is C24H27NO6S. The summed E-state index contributed by atoms with van der Waals surface area (Å²) in [4.78, 5) is 38.3. The van der Waals surface area contributed by atoms with Gasteiger partial charge in [0.2, 0.25) is 11.7 Å². The van der Waals surface area contributed by atoms with Gasteiger partial charge in [-0.1, -0.05) is 18.9 Å². The Morgan fingerprint density at radius 1 is 1.06 bits per heavy atom. The zero-order chi connectivity index (χ0) is 22.6. The first kappa shape index (κ1) is 22.3. The molecule has 170 valence electrons. The second-order valence-electron chi connectivity index (χ2n) is 8.15. The molecule has 1 amide bonds. The standard InChI is InChI=1S/C24H27NO6S/c1-16(26)25-11-8-18-5-7-22(32-18)19(27)15-31-23(28)24(9-2-3-10-24)17-4-6-20-21(14-17)30-13-12-29-20/h4-7,14H,2-3,8-13,15H2,1H3,(H,25,26). The van der Waals surface area contributed by atoms with Crippen LogP contribution in [-0.4, -0.2) is 44.0 Å². The van der Waals surface area contributed by atoms with Crippen LogP contribution in [0.15, 0.2) is 30.3 Å². The number of nitrogens with one attached hydrogen (secondary N) is 1. The van der Waals surface area contributed by atoms with E-state index in [0.717, 1.165) is 23.3 Å². The minimum atomic E-state index is -0.755. The Bertz CT molecular complexity index is 1010. The van der Waals surface area contributed by atoms with E-state index >= 15 is 0 Å². The molecule has 1 N–H and O–H groups in total. The Morgan fingerprint density at radius 3 is 2.56 bits per heavy atom. The summed E-state index contributed by atoms with van der Waals surface area (Å²) in [5.74, 6) is 0.675. The molecule has 32 heavy (non-hydrogen) atoms. The van der Waals surface area contributed by atoms with E-state index in [1.807, 2.05) is 24.3 Å². The van der Waals surface area contributed by atoms with Crippen LogP contribution in [0.25, 0.3) is 0 Å². The molecule has 2 aliphatic rings. The molecule has 2 heterocycles. The van der Waals surface area contributed by atoms with Crippen molar-refractivity contribution in [2.45, 2.75) is 44.4 Å². The number of fused-ring (bicyclic) bond motifs is 1. The van der Waals surface area contributed by atoms with E-state index in [4.69, 9.17) is 14.2 Å². The number of esters is 1. The number of ether oxygens (including phenoxy) is 3. The normalized spacial score (nSPS) is 16.4. The summed E-state index contributed by atoms with van der Waals surface area (Å²) in [6.45, 7) is 2.71. The number of Topliss-reactive ketones (excluding diaryl/α,β-unsaturated/α-hetero) is 1. The number of benzene rings is 1. The maximum Gasteiger partial charge on any atom is 0.317 e. The van der Waals surface area contributed by atoms with E-state index in [-0.39, 0.29) is 24.3 Å². The Balaban J connectivity index is 1.40. The SMILES string of the molecule is CC(=O)NCCc1ccc(C(=O)COC(=O)C2(c3ccc4c(c3)OCCO4)CCCC2)s1. The second-order valence-corrected chi connectivity index (χ2v) is 9.31. The van der Waals surface area contributed by atoms with Crippen molar-refractivity contribution in [3.8, 4) is 11.5 Å². The second kappa shape index (κ2) is 9.73. The lowest BCUT2D eigenvalue weighted by atomic mass is 9.78. The van der Waals surface area contributed by atoms with Gasteiger partial charge in [-0.3, -0.25) is 14.4 Å². The average Bonchev–Trinajstić information content (AvgIpc) is 3.47. The summed E-state index contributed by atoms with van der Waals surface area (Å²) in [5, 5.41) is 2.74. The van der Waals surface area contributed by atoms with Crippen molar-refractivity contribution in [3.05, 3.63) is 45.6 Å². The molecule has 8 heteroatoms. The molecule has 0 unspecified atom stereocenters. The van der Waals surface area contributed by atoms with Crippen molar-refractivity contribution < 1.29 is 28.6 Å². The van der Waals surface area contributed by atoms with Crippen molar-refractivity contribution in [1.29, 1.82) is 0 Å². The van der Waals surface area contributed by atoms with Gasteiger partial charge in [0, 0.05) is 18.3 Å². The van der Waals surface area contributed by atoms with Crippen LogP contribution in [0.3, 0.4) is 0 Å². The summed E-state index contributed by atoms with van der Waals surface area (Å²) in [7, 11) is 0. The summed E-state index contributed by atoms with van der Waals surface area (Å²) >= 11 is 1.36. The molecule has 0 spiro atoms. The molecule has 0 bridgehead atoms. The van der Waals surface area contributed by atoms with Gasteiger partial charge >= 0.3 is 5.97 Å². The minimum absolute atomic E-state index is 0.0800. The first-order valence-corrected chi connectivity index (χ1v) is 11.7. The maximum absolute atomic E-state index is 13.2. The lowest BCUT2D eigenvalue weighted by Gasteiger charge is -2.28. The van der Waals surface area contributed by atoms with Crippen LogP contribution in [0.4, 0.5) is 0 Å². The van der Waals surface area contributed by atoms with Crippen LogP contribution in [0, 0.1) is 0 Å². The molecule has 4 rings (SSSR count). The highest BCUT2D eigenvalue weighted by atomic mass is 32.1. The number of amides is 1. The zero-order valence-electron chi connectivity index (χ0n) is 18.1. The van der Waals surface area contributed by atoms with E-state index in [1.54, 1.807) is 6.07 Å². The number of thiophene rings is 1. The largest absolute Gasteiger partial charge is 0.486 e. The topological polar surface area (TPSA) is 90.9 Å². The number of hydrogen-bond acceptors (Lipinski definition) is 7. The molecule has 7 nitrogen and oxygen atoms in total. The summed E-state index contributed by atoms with van der Waals surface area (Å²) in [6.07, 6.45) is 3.89. The minimum Gasteiger partial charge on any atom is -0.486 e. The number of ketones is 1. The summed E-state index contributed by atoms with van der Waals surface area (Å²) in [6, 6.07) is 9.24. The highest BCUT2D eigenvalue weighted by Gasteiger charge is 2.45. The Morgan fingerprint density at radius 2 is 1.81 bits per heavy atom. The van der Waals surface area contributed by atoms with Crippen LogP contribution in [0.2, 0.25) is 0 Å². The van der Waals surface area contributed by atoms with Gasteiger partial charge in [-0.2, -0.15) is 0 Å². The quantitative estimate of drug-likeness (QED) is 0.482. The first-order valence-electron chi connectivity index (χ1n) is 10.9. The maximum atomic E-state index is 13.2. The lowest BCUT2D eigenvalue weighted by molar-refractivity contribution is -0.149. The Labute approximate surface area is 191 Å². The summed E-state index contributed by atoms with van der Waals surface area (Å²) < 4.78 is 16.8. The van der Waals surface area contributed by atoms with E-state index in [9.17, 15) is 14.4 Å². The third-order valence-electron chi connectivity index (χ3n) is 5.96.